The predicted octanol–water partition coefficient (Wildman–Crippen LogP) is 7.88. The van der Waals surface area contributed by atoms with Gasteiger partial charge in [-0.2, -0.15) is 4.99 Å². The molecule has 0 spiro atoms. The van der Waals surface area contributed by atoms with Crippen LogP contribution in [0.5, 0.6) is 5.75 Å². The van der Waals surface area contributed by atoms with E-state index in [2.05, 4.69) is 47.3 Å². The van der Waals surface area contributed by atoms with E-state index in [1.807, 2.05) is 27.1 Å². The lowest BCUT2D eigenvalue weighted by molar-refractivity contribution is -0.274. The first-order valence-corrected chi connectivity index (χ1v) is 13.4. The number of anilines is 2. The summed E-state index contributed by atoms with van der Waals surface area (Å²) >= 11 is 0. The van der Waals surface area contributed by atoms with Gasteiger partial charge in [-0.3, -0.25) is 4.79 Å². The van der Waals surface area contributed by atoms with E-state index >= 15 is 0 Å². The normalized spacial score (nSPS) is 17.6. The molecular formula is C30H38F3N5O2. The van der Waals surface area contributed by atoms with Crippen LogP contribution in [0.3, 0.4) is 0 Å². The molecule has 1 aromatic heterocycles. The number of fused-ring (bicyclic) bond motifs is 1. The van der Waals surface area contributed by atoms with Crippen molar-refractivity contribution in [3.63, 3.8) is 0 Å². The third kappa shape index (κ3) is 6.77. The highest BCUT2D eigenvalue weighted by Gasteiger charge is 2.40. The Balaban J connectivity index is 1.81. The van der Waals surface area contributed by atoms with Crippen LogP contribution in [0.4, 0.5) is 24.8 Å². The fraction of sp³-hybridized carbons (Fsp3) is 0.500. The Morgan fingerprint density at radius 2 is 1.70 bits per heavy atom. The van der Waals surface area contributed by atoms with Gasteiger partial charge in [0.25, 0.3) is 5.91 Å². The molecular weight excluding hydrogens is 519 g/mol. The summed E-state index contributed by atoms with van der Waals surface area (Å²) < 4.78 is 44.1. The molecule has 0 aliphatic heterocycles. The molecule has 0 bridgehead atoms. The van der Waals surface area contributed by atoms with Gasteiger partial charge in [0, 0.05) is 31.4 Å². The number of hydrogen-bond acceptors (Lipinski definition) is 4. The van der Waals surface area contributed by atoms with Gasteiger partial charge in [-0.1, -0.05) is 27.7 Å². The minimum Gasteiger partial charge on any atom is -0.406 e. The van der Waals surface area contributed by atoms with Gasteiger partial charge in [-0.15, -0.1) is 13.2 Å². The average molecular weight is 558 g/mol. The summed E-state index contributed by atoms with van der Waals surface area (Å²) in [4.78, 5) is 24.0. The molecule has 3 aromatic rings. The van der Waals surface area contributed by atoms with E-state index in [4.69, 9.17) is 4.98 Å². The molecule has 40 heavy (non-hydrogen) atoms. The highest BCUT2D eigenvalue weighted by Crippen LogP contribution is 2.51. The van der Waals surface area contributed by atoms with E-state index < -0.39 is 6.36 Å². The van der Waals surface area contributed by atoms with Crippen molar-refractivity contribution in [2.45, 2.75) is 73.2 Å². The van der Waals surface area contributed by atoms with Crippen molar-refractivity contribution >= 4 is 34.4 Å². The number of nitrogens with zero attached hydrogens (tertiary/aromatic N) is 4. The zero-order chi connectivity index (χ0) is 29.6. The van der Waals surface area contributed by atoms with Crippen molar-refractivity contribution in [1.82, 2.24) is 14.5 Å². The lowest BCUT2D eigenvalue weighted by atomic mass is 9.63. The first kappa shape index (κ1) is 29.4. The second-order valence-electron chi connectivity index (χ2n) is 12.6. The SMILES string of the molecule is CC(=NC(=O)c1cc2nc(Nc3ccc(OC(F)(F)F)cc3)n(C3CC(C)(C)CC(C)(C)C3)c2cc1C)N(C)C. The number of carbonyl (C=O) groups excluding carboxylic acids is 1. The molecule has 0 atom stereocenters. The molecule has 1 amide bonds. The van der Waals surface area contributed by atoms with Crippen LogP contribution in [0.15, 0.2) is 41.4 Å². The maximum atomic E-state index is 13.1. The Morgan fingerprint density at radius 3 is 2.25 bits per heavy atom. The standard InChI is InChI=1S/C30H38F3N5O2/c1-18-13-25-24(14-23(18)26(39)34-19(2)37(7)8)36-27(35-20-9-11-22(12-10-20)40-30(31,32)33)38(25)21-15-28(3,4)17-29(5,6)16-21/h9-14,21H,15-17H2,1-8H3,(H,35,36). The molecule has 2 aromatic carbocycles. The monoisotopic (exact) mass is 557 g/mol. The van der Waals surface area contributed by atoms with Gasteiger partial charge in [-0.05, 0) is 85.9 Å². The molecule has 10 heteroatoms. The van der Waals surface area contributed by atoms with E-state index in [-0.39, 0.29) is 28.5 Å². The van der Waals surface area contributed by atoms with Crippen LogP contribution in [0.25, 0.3) is 11.0 Å². The number of rotatable bonds is 5. The van der Waals surface area contributed by atoms with Gasteiger partial charge in [0.2, 0.25) is 5.95 Å². The lowest BCUT2D eigenvalue weighted by Crippen LogP contribution is -2.35. The molecule has 1 saturated carbocycles. The number of aryl methyl sites for hydroxylation is 1. The summed E-state index contributed by atoms with van der Waals surface area (Å²) in [5.41, 5.74) is 3.57. The Morgan fingerprint density at radius 1 is 1.10 bits per heavy atom. The molecule has 1 heterocycles. The van der Waals surface area contributed by atoms with Crippen LogP contribution in [-0.4, -0.2) is 46.7 Å². The molecule has 216 valence electrons. The Hall–Kier alpha value is -3.56. The summed E-state index contributed by atoms with van der Waals surface area (Å²) in [6.07, 6.45) is -1.80. The number of amidine groups is 1. The lowest BCUT2D eigenvalue weighted by Gasteiger charge is -2.45. The molecule has 7 nitrogen and oxygen atoms in total. The number of carbonyl (C=O) groups is 1. The van der Waals surface area contributed by atoms with Crippen molar-refractivity contribution in [2.24, 2.45) is 15.8 Å². The first-order valence-electron chi connectivity index (χ1n) is 13.4. The largest absolute Gasteiger partial charge is 0.573 e. The van der Waals surface area contributed by atoms with Crippen LogP contribution < -0.4 is 10.1 Å². The predicted molar refractivity (Wildman–Crippen MR) is 152 cm³/mol. The number of halogens is 3. The molecule has 1 fully saturated rings. The number of nitrogens with one attached hydrogen (secondary N) is 1. The summed E-state index contributed by atoms with van der Waals surface area (Å²) in [6, 6.07) is 9.46. The van der Waals surface area contributed by atoms with Gasteiger partial charge in [-0.25, -0.2) is 4.98 Å². The number of hydrogen-bond donors (Lipinski definition) is 1. The van der Waals surface area contributed by atoms with E-state index in [0.29, 0.717) is 28.6 Å². The van der Waals surface area contributed by atoms with Crippen molar-refractivity contribution in [1.29, 1.82) is 0 Å². The second kappa shape index (κ2) is 10.4. The maximum Gasteiger partial charge on any atom is 0.573 e. The molecule has 0 radical (unpaired) electrons. The second-order valence-corrected chi connectivity index (χ2v) is 12.6. The van der Waals surface area contributed by atoms with Crippen molar-refractivity contribution in [3.05, 3.63) is 47.5 Å². The number of imidazole rings is 1. The number of alkyl halides is 3. The van der Waals surface area contributed by atoms with E-state index in [9.17, 15) is 18.0 Å². The van der Waals surface area contributed by atoms with Crippen LogP contribution >= 0.6 is 0 Å². The van der Waals surface area contributed by atoms with Crippen LogP contribution in [0.1, 0.15) is 75.8 Å². The number of aliphatic imine (C=N–C) groups is 1. The van der Waals surface area contributed by atoms with Gasteiger partial charge in [0.1, 0.15) is 11.6 Å². The maximum absolute atomic E-state index is 13.1. The van der Waals surface area contributed by atoms with Crippen molar-refractivity contribution < 1.29 is 22.7 Å². The molecule has 0 unspecified atom stereocenters. The quantitative estimate of drug-likeness (QED) is 0.255. The molecule has 0 saturated heterocycles. The Kier molecular flexibility index (Phi) is 7.68. The number of benzene rings is 2. The van der Waals surface area contributed by atoms with E-state index in [1.54, 1.807) is 17.9 Å². The fourth-order valence-electron chi connectivity index (χ4n) is 6.08. The highest BCUT2D eigenvalue weighted by atomic mass is 19.4. The topological polar surface area (TPSA) is 71.7 Å². The summed E-state index contributed by atoms with van der Waals surface area (Å²) in [6.45, 7) is 12.8. The highest BCUT2D eigenvalue weighted by molar-refractivity contribution is 6.05. The smallest absolute Gasteiger partial charge is 0.406 e. The number of amides is 1. The third-order valence-corrected chi connectivity index (χ3v) is 7.42. The zero-order valence-corrected chi connectivity index (χ0v) is 24.4. The summed E-state index contributed by atoms with van der Waals surface area (Å²) in [5, 5.41) is 3.32. The van der Waals surface area contributed by atoms with Gasteiger partial charge in [0.15, 0.2) is 0 Å². The van der Waals surface area contributed by atoms with Gasteiger partial charge >= 0.3 is 6.36 Å². The average Bonchev–Trinajstić information content (AvgIpc) is 3.13. The summed E-state index contributed by atoms with van der Waals surface area (Å²) in [7, 11) is 3.66. The fourth-order valence-corrected chi connectivity index (χ4v) is 6.08. The van der Waals surface area contributed by atoms with E-state index in [0.717, 1.165) is 30.3 Å². The molecule has 1 aliphatic carbocycles. The molecule has 4 rings (SSSR count). The van der Waals surface area contributed by atoms with Crippen molar-refractivity contribution in [2.75, 3.05) is 19.4 Å². The number of aromatic nitrogens is 2. The minimum absolute atomic E-state index is 0.0975. The third-order valence-electron chi connectivity index (χ3n) is 7.42. The minimum atomic E-state index is -4.76. The molecule has 1 N–H and O–H groups in total. The first-order chi connectivity index (χ1) is 18.4. The van der Waals surface area contributed by atoms with E-state index in [1.165, 1.54) is 24.3 Å². The van der Waals surface area contributed by atoms with Gasteiger partial charge < -0.3 is 19.5 Å². The van der Waals surface area contributed by atoms with Crippen LogP contribution in [-0.2, 0) is 0 Å². The Bertz CT molecular complexity index is 1420. The number of ether oxygens (including phenoxy) is 1. The van der Waals surface area contributed by atoms with Crippen LogP contribution in [0.2, 0.25) is 0 Å². The van der Waals surface area contributed by atoms with Crippen molar-refractivity contribution in [3.8, 4) is 5.75 Å². The Labute approximate surface area is 233 Å². The van der Waals surface area contributed by atoms with Gasteiger partial charge in [0.05, 0.1) is 11.0 Å². The zero-order valence-electron chi connectivity index (χ0n) is 24.4. The van der Waals surface area contributed by atoms with Crippen LogP contribution in [0, 0.1) is 17.8 Å². The molecule has 1 aliphatic rings. The summed E-state index contributed by atoms with van der Waals surface area (Å²) in [5.74, 6) is 0.529.